The Kier molecular flexibility index (Phi) is 24.8. The molecule has 2 rings (SSSR count). The van der Waals surface area contributed by atoms with Gasteiger partial charge in [-0.1, -0.05) is 220 Å². The predicted octanol–water partition coefficient (Wildman–Crippen LogP) is 14.9. The maximum atomic E-state index is 14.2. The lowest BCUT2D eigenvalue weighted by molar-refractivity contribution is -0.169. The van der Waals surface area contributed by atoms with Gasteiger partial charge in [-0.3, -0.25) is 9.59 Å². The third-order valence-corrected chi connectivity index (χ3v) is 25.4. The molecule has 0 amide bonds. The standard InChI is InChI=1S/C49H88O6Si2/c1-9-17-19-21-23-25-27-29-31-33-35-43(41-37-45(54-39-41)56(11-3,12-4)13-5)49(47(50)51,48(52)53)44(36-34-32-30-28-26-24-22-20-18-10-2)42-38-46(55-40-42)57(14-6,15-7)16-8/h37-40,43-44H,9-36H2,1-8H3,(H,50,51)(H,52,53). The molecule has 6 nitrogen and oxygen atoms in total. The van der Waals surface area contributed by atoms with Gasteiger partial charge in [-0.2, -0.15) is 0 Å². The average molecular weight is 829 g/mol. The van der Waals surface area contributed by atoms with Crippen LogP contribution < -0.4 is 10.8 Å². The smallest absolute Gasteiger partial charge is 0.322 e. The second kappa shape index (κ2) is 27.6. The van der Waals surface area contributed by atoms with Crippen LogP contribution in [0.25, 0.3) is 0 Å². The molecule has 328 valence electrons. The third-order valence-electron chi connectivity index (χ3n) is 14.7. The van der Waals surface area contributed by atoms with Gasteiger partial charge in [-0.25, -0.2) is 0 Å². The second-order valence-corrected chi connectivity index (χ2v) is 28.0. The van der Waals surface area contributed by atoms with E-state index >= 15 is 0 Å². The first-order valence-electron chi connectivity index (χ1n) is 24.2. The van der Waals surface area contributed by atoms with E-state index in [2.05, 4.69) is 67.5 Å². The summed E-state index contributed by atoms with van der Waals surface area (Å²) in [7, 11) is -3.88. The highest BCUT2D eigenvalue weighted by molar-refractivity contribution is 6.91. The van der Waals surface area contributed by atoms with E-state index in [1.165, 1.54) is 89.9 Å². The molecular weight excluding hydrogens is 741 g/mol. The normalized spacial score (nSPS) is 13.6. The van der Waals surface area contributed by atoms with E-state index in [1.807, 2.05) is 0 Å². The molecule has 8 heteroatoms. The van der Waals surface area contributed by atoms with Gasteiger partial charge in [-0.05, 0) is 36.1 Å². The number of carbonyl (C=O) groups is 2. The Balaban J connectivity index is 2.60. The Morgan fingerprint density at radius 2 is 0.737 bits per heavy atom. The minimum absolute atomic E-state index is 0.504. The Morgan fingerprint density at radius 3 is 0.982 bits per heavy atom. The lowest BCUT2D eigenvalue weighted by Crippen LogP contribution is -2.50. The highest BCUT2D eigenvalue weighted by Crippen LogP contribution is 2.53. The molecule has 2 heterocycles. The van der Waals surface area contributed by atoms with Crippen molar-refractivity contribution >= 4 is 38.9 Å². The minimum Gasteiger partial charge on any atom is -0.480 e. The molecule has 0 aromatic carbocycles. The van der Waals surface area contributed by atoms with Crippen molar-refractivity contribution in [2.24, 2.45) is 5.41 Å². The van der Waals surface area contributed by atoms with Gasteiger partial charge in [-0.15, -0.1) is 0 Å². The van der Waals surface area contributed by atoms with Crippen molar-refractivity contribution in [2.75, 3.05) is 0 Å². The summed E-state index contributed by atoms with van der Waals surface area (Å²) in [6, 6.07) is 10.4. The van der Waals surface area contributed by atoms with Crippen molar-refractivity contribution in [2.45, 2.75) is 245 Å². The Morgan fingerprint density at radius 1 is 0.474 bits per heavy atom. The number of carboxylic acid groups (broad SMARTS) is 2. The van der Waals surface area contributed by atoms with Gasteiger partial charge in [0.1, 0.15) is 16.1 Å². The Bertz CT molecular complexity index is 1240. The van der Waals surface area contributed by atoms with Gasteiger partial charge in [0.15, 0.2) is 5.41 Å². The minimum atomic E-state index is -2.06. The fourth-order valence-corrected chi connectivity index (χ4v) is 16.7. The summed E-state index contributed by atoms with van der Waals surface area (Å²) in [6.45, 7) is 18.0. The Hall–Kier alpha value is -2.07. The molecule has 0 aliphatic heterocycles. The zero-order chi connectivity index (χ0) is 42.2. The van der Waals surface area contributed by atoms with Crippen LogP contribution in [0.2, 0.25) is 36.3 Å². The topological polar surface area (TPSA) is 101 Å². The first-order chi connectivity index (χ1) is 27.6. The van der Waals surface area contributed by atoms with Crippen molar-refractivity contribution in [1.29, 1.82) is 0 Å². The number of aliphatic carboxylic acids is 2. The number of furan rings is 2. The van der Waals surface area contributed by atoms with Crippen molar-refractivity contribution in [3.05, 3.63) is 35.8 Å². The molecular formula is C49H88O6Si2. The van der Waals surface area contributed by atoms with Crippen LogP contribution in [-0.2, 0) is 9.59 Å². The number of unbranched alkanes of at least 4 members (excludes halogenated alkanes) is 18. The first kappa shape index (κ1) is 51.1. The lowest BCUT2D eigenvalue weighted by atomic mass is 9.60. The van der Waals surface area contributed by atoms with Crippen molar-refractivity contribution in [1.82, 2.24) is 0 Å². The van der Waals surface area contributed by atoms with Crippen LogP contribution in [0, 0.1) is 5.41 Å². The van der Waals surface area contributed by atoms with Gasteiger partial charge in [0.25, 0.3) is 0 Å². The van der Waals surface area contributed by atoms with E-state index in [-0.39, 0.29) is 0 Å². The summed E-state index contributed by atoms with van der Waals surface area (Å²) in [5.41, 5.74) is -0.548. The van der Waals surface area contributed by atoms with Crippen LogP contribution in [0.5, 0.6) is 0 Å². The zero-order valence-electron chi connectivity index (χ0n) is 38.3. The van der Waals surface area contributed by atoms with Crippen LogP contribution in [0.3, 0.4) is 0 Å². The summed E-state index contributed by atoms with van der Waals surface area (Å²) in [6.07, 6.45) is 27.9. The summed E-state index contributed by atoms with van der Waals surface area (Å²) in [5.74, 6) is -3.92. The molecule has 0 fully saturated rings. The number of rotatable bonds is 36. The van der Waals surface area contributed by atoms with Crippen LogP contribution >= 0.6 is 0 Å². The van der Waals surface area contributed by atoms with Gasteiger partial charge in [0, 0.05) is 11.8 Å². The van der Waals surface area contributed by atoms with E-state index in [9.17, 15) is 19.8 Å². The van der Waals surface area contributed by atoms with E-state index < -0.39 is 45.3 Å². The average Bonchev–Trinajstić information content (AvgIpc) is 3.91. The fourth-order valence-electron chi connectivity index (χ4n) is 10.1. The molecule has 2 aromatic rings. The monoisotopic (exact) mass is 829 g/mol. The molecule has 57 heavy (non-hydrogen) atoms. The summed E-state index contributed by atoms with van der Waals surface area (Å²) in [4.78, 5) is 28.4. The maximum Gasteiger partial charge on any atom is 0.322 e. The largest absolute Gasteiger partial charge is 0.480 e. The van der Waals surface area contributed by atoms with Gasteiger partial charge < -0.3 is 19.0 Å². The third kappa shape index (κ3) is 14.0. The van der Waals surface area contributed by atoms with E-state index in [1.54, 1.807) is 12.5 Å². The molecule has 0 saturated heterocycles. The molecule has 0 aliphatic rings. The molecule has 2 atom stereocenters. The highest BCUT2D eigenvalue weighted by Gasteiger charge is 2.59. The van der Waals surface area contributed by atoms with Gasteiger partial charge >= 0.3 is 11.9 Å². The van der Waals surface area contributed by atoms with Crippen LogP contribution in [0.15, 0.2) is 33.5 Å². The number of hydrogen-bond acceptors (Lipinski definition) is 4. The molecule has 2 N–H and O–H groups in total. The van der Waals surface area contributed by atoms with Crippen LogP contribution in [0.1, 0.15) is 220 Å². The second-order valence-electron chi connectivity index (χ2n) is 17.7. The van der Waals surface area contributed by atoms with Crippen molar-refractivity contribution in [3.8, 4) is 0 Å². The first-order valence-corrected chi connectivity index (χ1v) is 29.5. The van der Waals surface area contributed by atoms with E-state index in [0.717, 1.165) is 96.7 Å². The maximum absolute atomic E-state index is 14.2. The van der Waals surface area contributed by atoms with Crippen LogP contribution in [-0.4, -0.2) is 38.3 Å². The summed E-state index contributed by atoms with van der Waals surface area (Å²) in [5, 5.41) is 25.1. The quantitative estimate of drug-likeness (QED) is 0.0403. The molecule has 0 radical (unpaired) electrons. The fraction of sp³-hybridized carbons (Fsp3) is 0.796. The summed E-state index contributed by atoms with van der Waals surface area (Å²) < 4.78 is 12.9. The molecule has 2 unspecified atom stereocenters. The lowest BCUT2D eigenvalue weighted by Gasteiger charge is -2.39. The van der Waals surface area contributed by atoms with Gasteiger partial charge in [0.2, 0.25) is 0 Å². The number of carboxylic acids is 2. The highest BCUT2D eigenvalue weighted by atomic mass is 28.3. The molecule has 0 saturated carbocycles. The molecule has 0 spiro atoms. The predicted molar refractivity (Wildman–Crippen MR) is 247 cm³/mol. The molecule has 2 aromatic heterocycles. The number of hydrogen-bond donors (Lipinski definition) is 2. The van der Waals surface area contributed by atoms with E-state index in [0.29, 0.717) is 12.8 Å². The Labute approximate surface area is 352 Å². The zero-order valence-corrected chi connectivity index (χ0v) is 40.3. The van der Waals surface area contributed by atoms with Crippen molar-refractivity contribution in [3.63, 3.8) is 0 Å². The SMILES string of the molecule is CCCCCCCCCCCCC(c1coc([Si](CC)(CC)CC)c1)C(C(=O)O)(C(=O)O)C(CCCCCCCCCCCC)c1coc([Si](CC)(CC)CC)c1. The van der Waals surface area contributed by atoms with E-state index in [4.69, 9.17) is 8.83 Å². The van der Waals surface area contributed by atoms with Crippen LogP contribution in [0.4, 0.5) is 0 Å². The summed E-state index contributed by atoms with van der Waals surface area (Å²) >= 11 is 0. The van der Waals surface area contributed by atoms with Crippen molar-refractivity contribution < 1.29 is 28.6 Å². The molecule has 0 bridgehead atoms. The molecule has 0 aliphatic carbocycles. The van der Waals surface area contributed by atoms with Gasteiger partial charge in [0.05, 0.1) is 23.3 Å².